The Morgan fingerprint density at radius 2 is 1.57 bits per heavy atom. The molecule has 0 fully saturated rings. The standard InChI is InChI=1S/C20H24O/c1-17(2)8-6-7-9-18-12-14-20(15-13-18)21-16-19-10-4-3-5-11-19/h3-7,10-15,17H,8-9,16H2,1-2H3/b7-6-. The van der Waals surface area contributed by atoms with Crippen LogP contribution in [0.2, 0.25) is 0 Å². The van der Waals surface area contributed by atoms with Crippen LogP contribution in [-0.4, -0.2) is 0 Å². The summed E-state index contributed by atoms with van der Waals surface area (Å²) < 4.78 is 5.79. The van der Waals surface area contributed by atoms with Gasteiger partial charge in [0.1, 0.15) is 12.4 Å². The van der Waals surface area contributed by atoms with Crippen LogP contribution < -0.4 is 4.74 Å². The van der Waals surface area contributed by atoms with Gasteiger partial charge in [-0.1, -0.05) is 68.5 Å². The van der Waals surface area contributed by atoms with Crippen molar-refractivity contribution in [2.24, 2.45) is 5.92 Å². The molecule has 0 atom stereocenters. The highest BCUT2D eigenvalue weighted by molar-refractivity contribution is 5.29. The molecule has 0 radical (unpaired) electrons. The molecule has 0 amide bonds. The van der Waals surface area contributed by atoms with Crippen molar-refractivity contribution in [1.82, 2.24) is 0 Å². The van der Waals surface area contributed by atoms with Crippen LogP contribution in [0.15, 0.2) is 66.7 Å². The van der Waals surface area contributed by atoms with Crippen molar-refractivity contribution >= 4 is 0 Å². The zero-order valence-corrected chi connectivity index (χ0v) is 13.0. The van der Waals surface area contributed by atoms with E-state index in [4.69, 9.17) is 4.74 Å². The van der Waals surface area contributed by atoms with Gasteiger partial charge in [0.25, 0.3) is 0 Å². The second-order valence-electron chi connectivity index (χ2n) is 5.72. The van der Waals surface area contributed by atoms with Crippen LogP contribution in [0.5, 0.6) is 5.75 Å². The molecule has 0 spiro atoms. The molecule has 2 rings (SSSR count). The topological polar surface area (TPSA) is 9.23 Å². The molecule has 0 N–H and O–H groups in total. The molecule has 0 heterocycles. The van der Waals surface area contributed by atoms with Crippen LogP contribution in [0.25, 0.3) is 0 Å². The molecule has 1 nitrogen and oxygen atoms in total. The molecule has 0 unspecified atom stereocenters. The van der Waals surface area contributed by atoms with Crippen LogP contribution in [-0.2, 0) is 13.0 Å². The van der Waals surface area contributed by atoms with Crippen LogP contribution >= 0.6 is 0 Å². The quantitative estimate of drug-likeness (QED) is 0.616. The molecule has 2 aromatic rings. The molecule has 0 saturated carbocycles. The highest BCUT2D eigenvalue weighted by Gasteiger charge is 1.96. The predicted octanol–water partition coefficient (Wildman–Crippen LogP) is 5.41. The van der Waals surface area contributed by atoms with Crippen molar-refractivity contribution in [3.8, 4) is 5.75 Å². The molecule has 21 heavy (non-hydrogen) atoms. The van der Waals surface area contributed by atoms with Gasteiger partial charge in [0.2, 0.25) is 0 Å². The Labute approximate surface area is 128 Å². The van der Waals surface area contributed by atoms with E-state index in [2.05, 4.69) is 62.4 Å². The van der Waals surface area contributed by atoms with E-state index in [1.54, 1.807) is 0 Å². The minimum absolute atomic E-state index is 0.620. The third-order valence-electron chi connectivity index (χ3n) is 3.30. The van der Waals surface area contributed by atoms with Crippen molar-refractivity contribution in [3.05, 3.63) is 77.9 Å². The second kappa shape index (κ2) is 8.31. The molecule has 110 valence electrons. The van der Waals surface area contributed by atoms with E-state index in [1.807, 2.05) is 18.2 Å². The van der Waals surface area contributed by atoms with Gasteiger partial charge in [-0.15, -0.1) is 0 Å². The van der Waals surface area contributed by atoms with Gasteiger partial charge < -0.3 is 4.74 Å². The summed E-state index contributed by atoms with van der Waals surface area (Å²) in [7, 11) is 0. The number of ether oxygens (including phenoxy) is 1. The maximum Gasteiger partial charge on any atom is 0.119 e. The van der Waals surface area contributed by atoms with Gasteiger partial charge in [-0.2, -0.15) is 0 Å². The summed E-state index contributed by atoms with van der Waals surface area (Å²) in [5.74, 6) is 1.66. The van der Waals surface area contributed by atoms with E-state index in [9.17, 15) is 0 Å². The lowest BCUT2D eigenvalue weighted by atomic mass is 10.1. The molecular formula is C20H24O. The van der Waals surface area contributed by atoms with Crippen molar-refractivity contribution in [2.75, 3.05) is 0 Å². The summed E-state index contributed by atoms with van der Waals surface area (Å²) in [5, 5.41) is 0. The van der Waals surface area contributed by atoms with Crippen LogP contribution in [0.1, 0.15) is 31.4 Å². The third kappa shape index (κ3) is 5.86. The van der Waals surface area contributed by atoms with Crippen LogP contribution in [0.4, 0.5) is 0 Å². The van der Waals surface area contributed by atoms with E-state index >= 15 is 0 Å². The first-order valence-corrected chi connectivity index (χ1v) is 7.64. The Kier molecular flexibility index (Phi) is 6.08. The van der Waals surface area contributed by atoms with Crippen molar-refractivity contribution in [2.45, 2.75) is 33.3 Å². The summed E-state index contributed by atoms with van der Waals surface area (Å²) in [4.78, 5) is 0. The lowest BCUT2D eigenvalue weighted by molar-refractivity contribution is 0.306. The normalized spacial score (nSPS) is 11.2. The molecule has 1 heteroatoms. The number of benzene rings is 2. The Morgan fingerprint density at radius 3 is 2.24 bits per heavy atom. The number of hydrogen-bond acceptors (Lipinski definition) is 1. The fraction of sp³-hybridized carbons (Fsp3) is 0.300. The number of hydrogen-bond donors (Lipinski definition) is 0. The molecule has 2 aromatic carbocycles. The number of allylic oxidation sites excluding steroid dienone is 2. The van der Waals surface area contributed by atoms with Gasteiger partial charge in [0, 0.05) is 0 Å². The van der Waals surface area contributed by atoms with Gasteiger partial charge >= 0.3 is 0 Å². The molecule has 0 bridgehead atoms. The van der Waals surface area contributed by atoms with E-state index in [1.165, 1.54) is 11.1 Å². The molecule has 0 saturated heterocycles. The molecule has 0 aliphatic carbocycles. The second-order valence-corrected chi connectivity index (χ2v) is 5.72. The van der Waals surface area contributed by atoms with Gasteiger partial charge in [-0.25, -0.2) is 0 Å². The first-order chi connectivity index (χ1) is 10.2. The fourth-order valence-electron chi connectivity index (χ4n) is 2.05. The lowest BCUT2D eigenvalue weighted by Gasteiger charge is -2.07. The SMILES string of the molecule is CC(C)C/C=C\Cc1ccc(OCc2ccccc2)cc1. The highest BCUT2D eigenvalue weighted by atomic mass is 16.5. The predicted molar refractivity (Wildman–Crippen MR) is 89.5 cm³/mol. The first kappa shape index (κ1) is 15.4. The van der Waals surface area contributed by atoms with E-state index < -0.39 is 0 Å². The smallest absolute Gasteiger partial charge is 0.119 e. The summed E-state index contributed by atoms with van der Waals surface area (Å²) in [6.07, 6.45) is 6.66. The largest absolute Gasteiger partial charge is 0.489 e. The fourth-order valence-corrected chi connectivity index (χ4v) is 2.05. The van der Waals surface area contributed by atoms with Crippen molar-refractivity contribution in [1.29, 1.82) is 0 Å². The van der Waals surface area contributed by atoms with Gasteiger partial charge in [0.15, 0.2) is 0 Å². The monoisotopic (exact) mass is 280 g/mol. The lowest BCUT2D eigenvalue weighted by Crippen LogP contribution is -1.95. The molecule has 0 aliphatic heterocycles. The summed E-state index contributed by atoms with van der Waals surface area (Å²) in [6, 6.07) is 18.6. The average molecular weight is 280 g/mol. The first-order valence-electron chi connectivity index (χ1n) is 7.64. The molecular weight excluding hydrogens is 256 g/mol. The third-order valence-corrected chi connectivity index (χ3v) is 3.30. The zero-order chi connectivity index (χ0) is 14.9. The van der Waals surface area contributed by atoms with E-state index in [0.29, 0.717) is 6.61 Å². The highest BCUT2D eigenvalue weighted by Crippen LogP contribution is 2.15. The summed E-state index contributed by atoms with van der Waals surface area (Å²) in [5.41, 5.74) is 2.51. The van der Waals surface area contributed by atoms with Gasteiger partial charge in [0.05, 0.1) is 0 Å². The average Bonchev–Trinajstić information content (AvgIpc) is 2.51. The Bertz CT molecular complexity index is 538. The minimum Gasteiger partial charge on any atom is -0.489 e. The number of rotatable bonds is 7. The molecule has 0 aromatic heterocycles. The summed E-state index contributed by atoms with van der Waals surface area (Å²) in [6.45, 7) is 5.10. The van der Waals surface area contributed by atoms with Crippen molar-refractivity contribution in [3.63, 3.8) is 0 Å². The van der Waals surface area contributed by atoms with Gasteiger partial charge in [-0.3, -0.25) is 0 Å². The Morgan fingerprint density at radius 1 is 0.857 bits per heavy atom. The van der Waals surface area contributed by atoms with E-state index in [-0.39, 0.29) is 0 Å². The zero-order valence-electron chi connectivity index (χ0n) is 13.0. The maximum absolute atomic E-state index is 5.79. The summed E-state index contributed by atoms with van der Waals surface area (Å²) >= 11 is 0. The maximum atomic E-state index is 5.79. The minimum atomic E-state index is 0.620. The van der Waals surface area contributed by atoms with Crippen molar-refractivity contribution < 1.29 is 4.74 Å². The molecule has 0 aliphatic rings. The van der Waals surface area contributed by atoms with Gasteiger partial charge in [-0.05, 0) is 42.0 Å². The Hall–Kier alpha value is -2.02. The Balaban J connectivity index is 1.80. The van der Waals surface area contributed by atoms with Crippen LogP contribution in [0, 0.1) is 5.92 Å². The van der Waals surface area contributed by atoms with E-state index in [0.717, 1.165) is 24.5 Å². The van der Waals surface area contributed by atoms with Crippen LogP contribution in [0.3, 0.4) is 0 Å².